The second kappa shape index (κ2) is 7.75. The third-order valence-corrected chi connectivity index (χ3v) is 5.00. The maximum Gasteiger partial charge on any atom is 0.208 e. The van der Waals surface area contributed by atoms with E-state index in [-0.39, 0.29) is 5.41 Å². The lowest BCUT2D eigenvalue weighted by atomic mass is 9.94. The SMILES string of the molecule is CC(C)(C)c1cnc(CN2CCCCCC2CC(O)c2ccco2)o1. The smallest absolute Gasteiger partial charge is 0.208 e. The van der Waals surface area contributed by atoms with Gasteiger partial charge >= 0.3 is 0 Å². The van der Waals surface area contributed by atoms with Crippen LogP contribution in [0.25, 0.3) is 0 Å². The van der Waals surface area contributed by atoms with Crippen molar-refractivity contribution in [3.8, 4) is 0 Å². The van der Waals surface area contributed by atoms with Gasteiger partial charge in [0.25, 0.3) is 0 Å². The van der Waals surface area contributed by atoms with Crippen molar-refractivity contribution in [1.82, 2.24) is 9.88 Å². The molecule has 2 atom stereocenters. The zero-order valence-corrected chi connectivity index (χ0v) is 15.6. The van der Waals surface area contributed by atoms with E-state index in [1.165, 1.54) is 19.3 Å². The van der Waals surface area contributed by atoms with E-state index < -0.39 is 6.10 Å². The number of aromatic nitrogens is 1. The predicted molar refractivity (Wildman–Crippen MR) is 96.2 cm³/mol. The first-order valence-corrected chi connectivity index (χ1v) is 9.34. The van der Waals surface area contributed by atoms with Crippen LogP contribution in [-0.4, -0.2) is 27.6 Å². The molecule has 0 saturated carbocycles. The Balaban J connectivity index is 1.69. The van der Waals surface area contributed by atoms with Gasteiger partial charge in [0, 0.05) is 11.5 Å². The highest BCUT2D eigenvalue weighted by molar-refractivity contribution is 5.06. The van der Waals surface area contributed by atoms with Crippen LogP contribution in [0.3, 0.4) is 0 Å². The Bertz CT molecular complexity index is 642. The van der Waals surface area contributed by atoms with E-state index in [1.807, 2.05) is 18.3 Å². The molecule has 0 bridgehead atoms. The second-order valence-corrected chi connectivity index (χ2v) is 8.11. The van der Waals surface area contributed by atoms with Gasteiger partial charge in [-0.15, -0.1) is 0 Å². The molecule has 0 amide bonds. The quantitative estimate of drug-likeness (QED) is 0.867. The molecule has 3 rings (SSSR count). The van der Waals surface area contributed by atoms with Gasteiger partial charge < -0.3 is 13.9 Å². The van der Waals surface area contributed by atoms with E-state index in [4.69, 9.17) is 8.83 Å². The van der Waals surface area contributed by atoms with Crippen LogP contribution < -0.4 is 0 Å². The van der Waals surface area contributed by atoms with E-state index in [0.717, 1.165) is 24.6 Å². The summed E-state index contributed by atoms with van der Waals surface area (Å²) in [6, 6.07) is 3.98. The number of nitrogens with zero attached hydrogens (tertiary/aromatic N) is 2. The lowest BCUT2D eigenvalue weighted by molar-refractivity contribution is 0.0786. The molecule has 3 heterocycles. The monoisotopic (exact) mass is 346 g/mol. The van der Waals surface area contributed by atoms with Crippen molar-refractivity contribution in [3.63, 3.8) is 0 Å². The molecule has 0 aromatic carbocycles. The van der Waals surface area contributed by atoms with Gasteiger partial charge in [-0.3, -0.25) is 4.90 Å². The number of likely N-dealkylation sites (tertiary alicyclic amines) is 1. The van der Waals surface area contributed by atoms with E-state index in [0.29, 0.717) is 24.8 Å². The van der Waals surface area contributed by atoms with Crippen molar-refractivity contribution in [3.05, 3.63) is 42.0 Å². The molecule has 1 saturated heterocycles. The van der Waals surface area contributed by atoms with Crippen molar-refractivity contribution in [2.24, 2.45) is 0 Å². The van der Waals surface area contributed by atoms with Gasteiger partial charge in [-0.05, 0) is 37.9 Å². The maximum atomic E-state index is 10.5. The van der Waals surface area contributed by atoms with Gasteiger partial charge in [-0.1, -0.05) is 33.6 Å². The standard InChI is InChI=1S/C20H30N2O3/c1-20(2,3)18-13-21-19(25-18)14-22-10-6-4-5-8-15(22)12-16(23)17-9-7-11-24-17/h7,9,11,13,15-16,23H,4-6,8,10,12,14H2,1-3H3. The summed E-state index contributed by atoms with van der Waals surface area (Å²) in [5.41, 5.74) is -0.0288. The zero-order chi connectivity index (χ0) is 17.9. The van der Waals surface area contributed by atoms with E-state index in [9.17, 15) is 5.11 Å². The summed E-state index contributed by atoms with van der Waals surface area (Å²) in [5.74, 6) is 2.34. The number of oxazole rings is 1. The first-order chi connectivity index (χ1) is 11.9. The van der Waals surface area contributed by atoms with Gasteiger partial charge in [0.2, 0.25) is 5.89 Å². The van der Waals surface area contributed by atoms with Crippen LogP contribution >= 0.6 is 0 Å². The molecule has 0 radical (unpaired) electrons. The van der Waals surface area contributed by atoms with Crippen LogP contribution in [0.15, 0.2) is 33.4 Å². The first kappa shape index (κ1) is 18.2. The Morgan fingerprint density at radius 2 is 2.16 bits per heavy atom. The molecular formula is C20H30N2O3. The van der Waals surface area contributed by atoms with Crippen molar-refractivity contribution < 1.29 is 13.9 Å². The molecule has 5 heteroatoms. The molecule has 1 aliphatic heterocycles. The Morgan fingerprint density at radius 1 is 1.32 bits per heavy atom. The number of aliphatic hydroxyl groups excluding tert-OH is 1. The summed E-state index contributed by atoms with van der Waals surface area (Å²) in [6.45, 7) is 8.11. The molecule has 1 aliphatic rings. The molecule has 2 aromatic heterocycles. The third kappa shape index (κ3) is 4.73. The van der Waals surface area contributed by atoms with E-state index in [2.05, 4.69) is 30.7 Å². The highest BCUT2D eigenvalue weighted by atomic mass is 16.4. The maximum absolute atomic E-state index is 10.5. The Labute approximate surface area is 150 Å². The van der Waals surface area contributed by atoms with Gasteiger partial charge in [0.15, 0.2) is 0 Å². The molecule has 1 fully saturated rings. The summed E-state index contributed by atoms with van der Waals surface area (Å²) in [6.07, 6.45) is 8.29. The minimum atomic E-state index is -0.560. The predicted octanol–water partition coefficient (Wildman–Crippen LogP) is 4.43. The fraction of sp³-hybridized carbons (Fsp3) is 0.650. The average Bonchev–Trinajstić information content (AvgIpc) is 3.19. The van der Waals surface area contributed by atoms with Crippen LogP contribution in [0.5, 0.6) is 0 Å². The Hall–Kier alpha value is -1.59. The third-order valence-electron chi connectivity index (χ3n) is 5.00. The molecule has 0 aliphatic carbocycles. The number of furan rings is 1. The van der Waals surface area contributed by atoms with Gasteiger partial charge in [0.05, 0.1) is 19.0 Å². The minimum Gasteiger partial charge on any atom is -0.467 e. The Kier molecular flexibility index (Phi) is 5.64. The number of aliphatic hydroxyl groups is 1. The minimum absolute atomic E-state index is 0.0288. The van der Waals surface area contributed by atoms with Crippen LogP contribution in [0.1, 0.15) is 76.4 Å². The van der Waals surface area contributed by atoms with Crippen LogP contribution in [0.2, 0.25) is 0 Å². The molecule has 2 unspecified atom stereocenters. The van der Waals surface area contributed by atoms with Gasteiger partial charge in [-0.25, -0.2) is 4.98 Å². The second-order valence-electron chi connectivity index (χ2n) is 8.11. The summed E-state index contributed by atoms with van der Waals surface area (Å²) in [4.78, 5) is 6.90. The largest absolute Gasteiger partial charge is 0.467 e. The fourth-order valence-electron chi connectivity index (χ4n) is 3.47. The average molecular weight is 346 g/mol. The molecule has 5 nitrogen and oxygen atoms in total. The van der Waals surface area contributed by atoms with Gasteiger partial charge in [-0.2, -0.15) is 0 Å². The fourth-order valence-corrected chi connectivity index (χ4v) is 3.47. The molecule has 1 N–H and O–H groups in total. The van der Waals surface area contributed by atoms with Crippen molar-refractivity contribution in [2.45, 2.75) is 77.0 Å². The van der Waals surface area contributed by atoms with Crippen LogP contribution in [0.4, 0.5) is 0 Å². The van der Waals surface area contributed by atoms with Crippen LogP contribution in [0, 0.1) is 0 Å². The molecule has 25 heavy (non-hydrogen) atoms. The van der Waals surface area contributed by atoms with Crippen molar-refractivity contribution in [2.75, 3.05) is 6.54 Å². The summed E-state index contributed by atoms with van der Waals surface area (Å²) < 4.78 is 11.3. The lowest BCUT2D eigenvalue weighted by Gasteiger charge is -2.30. The molecule has 0 spiro atoms. The Morgan fingerprint density at radius 3 is 2.84 bits per heavy atom. The normalized spacial score (nSPS) is 21.2. The summed E-state index contributed by atoms with van der Waals surface area (Å²) in [7, 11) is 0. The molecular weight excluding hydrogens is 316 g/mol. The first-order valence-electron chi connectivity index (χ1n) is 9.34. The summed E-state index contributed by atoms with van der Waals surface area (Å²) in [5, 5.41) is 10.5. The lowest BCUT2D eigenvalue weighted by Crippen LogP contribution is -2.35. The number of rotatable bonds is 5. The highest BCUT2D eigenvalue weighted by Crippen LogP contribution is 2.29. The molecule has 138 valence electrons. The zero-order valence-electron chi connectivity index (χ0n) is 15.6. The van der Waals surface area contributed by atoms with Crippen molar-refractivity contribution in [1.29, 1.82) is 0 Å². The number of hydrogen-bond donors (Lipinski definition) is 1. The topological polar surface area (TPSA) is 62.6 Å². The molecule has 2 aromatic rings. The van der Waals surface area contributed by atoms with E-state index >= 15 is 0 Å². The summed E-state index contributed by atoms with van der Waals surface area (Å²) >= 11 is 0. The highest BCUT2D eigenvalue weighted by Gasteiger charge is 2.27. The van der Waals surface area contributed by atoms with Crippen LogP contribution in [-0.2, 0) is 12.0 Å². The van der Waals surface area contributed by atoms with Crippen molar-refractivity contribution >= 4 is 0 Å². The van der Waals surface area contributed by atoms with E-state index in [1.54, 1.807) is 6.26 Å². The van der Waals surface area contributed by atoms with Gasteiger partial charge in [0.1, 0.15) is 17.6 Å². The number of hydrogen-bond acceptors (Lipinski definition) is 5.